The Morgan fingerprint density at radius 1 is 0.532 bits per heavy atom. The van der Waals surface area contributed by atoms with Gasteiger partial charge in [-0.1, -0.05) is 165 Å². The lowest BCUT2D eigenvalue weighted by atomic mass is 10.0. The fraction of sp³-hybridized carbons (Fsp3) is 0.786. The van der Waals surface area contributed by atoms with E-state index in [0.717, 1.165) is 51.4 Å². The van der Waals surface area contributed by atoms with Crippen LogP contribution in [0.25, 0.3) is 0 Å². The second-order valence-corrected chi connectivity index (χ2v) is 13.5. The largest absolute Gasteiger partial charge is 0.394 e. The molecule has 0 aromatic rings. The molecule has 3 atom stereocenters. The molecule has 0 bridgehead atoms. The van der Waals surface area contributed by atoms with Crippen molar-refractivity contribution in [3.8, 4) is 0 Å². The zero-order chi connectivity index (χ0) is 34.5. The van der Waals surface area contributed by atoms with Gasteiger partial charge in [-0.15, -0.1) is 0 Å². The molecule has 47 heavy (non-hydrogen) atoms. The van der Waals surface area contributed by atoms with Crippen molar-refractivity contribution in [2.24, 2.45) is 0 Å². The average molecular weight is 660 g/mol. The SMILES string of the molecule is CCCC/C=C/CC/C=C/CC/C=C/C(O)C(CO)NC(=O)CC(O)CCCCCCC/C=C\CCCCCCCCCCCCC. The maximum Gasteiger partial charge on any atom is 0.222 e. The van der Waals surface area contributed by atoms with E-state index in [9.17, 15) is 20.1 Å². The molecule has 0 aliphatic rings. The van der Waals surface area contributed by atoms with Gasteiger partial charge in [-0.05, 0) is 64.2 Å². The van der Waals surface area contributed by atoms with Gasteiger partial charge in [-0.25, -0.2) is 0 Å². The van der Waals surface area contributed by atoms with Crippen LogP contribution in [0, 0.1) is 0 Å². The molecule has 274 valence electrons. The molecule has 5 heteroatoms. The van der Waals surface area contributed by atoms with Crippen LogP contribution in [-0.2, 0) is 4.79 Å². The summed E-state index contributed by atoms with van der Waals surface area (Å²) in [7, 11) is 0. The van der Waals surface area contributed by atoms with Crippen LogP contribution in [0.5, 0.6) is 0 Å². The van der Waals surface area contributed by atoms with E-state index in [1.807, 2.05) is 6.08 Å². The zero-order valence-electron chi connectivity index (χ0n) is 30.9. The van der Waals surface area contributed by atoms with Gasteiger partial charge in [-0.2, -0.15) is 0 Å². The van der Waals surface area contributed by atoms with Crippen molar-refractivity contribution >= 4 is 5.91 Å². The van der Waals surface area contributed by atoms with Gasteiger partial charge >= 0.3 is 0 Å². The van der Waals surface area contributed by atoms with E-state index in [1.165, 1.54) is 109 Å². The normalized spacial score (nSPS) is 14.2. The first-order chi connectivity index (χ1) is 23.0. The molecule has 0 fully saturated rings. The molecule has 0 saturated heterocycles. The van der Waals surface area contributed by atoms with E-state index in [0.29, 0.717) is 6.42 Å². The summed E-state index contributed by atoms with van der Waals surface area (Å²) in [5.41, 5.74) is 0. The molecule has 0 rings (SSSR count). The van der Waals surface area contributed by atoms with Gasteiger partial charge in [0.2, 0.25) is 5.91 Å². The predicted octanol–water partition coefficient (Wildman–Crippen LogP) is 11.0. The summed E-state index contributed by atoms with van der Waals surface area (Å²) in [5.74, 6) is -0.337. The van der Waals surface area contributed by atoms with Crippen molar-refractivity contribution in [2.75, 3.05) is 6.61 Å². The Morgan fingerprint density at radius 2 is 0.936 bits per heavy atom. The minimum absolute atomic E-state index is 0.00452. The molecular weight excluding hydrogens is 582 g/mol. The second-order valence-electron chi connectivity index (χ2n) is 13.5. The lowest BCUT2D eigenvalue weighted by Gasteiger charge is -2.20. The first kappa shape index (κ1) is 45.3. The maximum absolute atomic E-state index is 12.4. The third-order valence-corrected chi connectivity index (χ3v) is 8.82. The molecule has 5 nitrogen and oxygen atoms in total. The fourth-order valence-corrected chi connectivity index (χ4v) is 5.70. The Bertz CT molecular complexity index is 775. The van der Waals surface area contributed by atoms with Crippen molar-refractivity contribution in [3.05, 3.63) is 48.6 Å². The van der Waals surface area contributed by atoms with Crippen LogP contribution in [0.2, 0.25) is 0 Å². The van der Waals surface area contributed by atoms with Crippen LogP contribution >= 0.6 is 0 Å². The molecule has 3 unspecified atom stereocenters. The van der Waals surface area contributed by atoms with E-state index in [4.69, 9.17) is 0 Å². The first-order valence-corrected chi connectivity index (χ1v) is 19.9. The summed E-state index contributed by atoms with van der Waals surface area (Å²) < 4.78 is 0. The quantitative estimate of drug-likeness (QED) is 0.0402. The maximum atomic E-state index is 12.4. The van der Waals surface area contributed by atoms with E-state index in [-0.39, 0.29) is 18.9 Å². The molecule has 0 aromatic carbocycles. The van der Waals surface area contributed by atoms with Crippen molar-refractivity contribution in [1.82, 2.24) is 5.32 Å². The number of carbonyl (C=O) groups excluding carboxylic acids is 1. The number of hydrogen-bond donors (Lipinski definition) is 4. The summed E-state index contributed by atoms with van der Waals surface area (Å²) in [6.45, 7) is 4.13. The van der Waals surface area contributed by atoms with Gasteiger partial charge < -0.3 is 20.6 Å². The minimum Gasteiger partial charge on any atom is -0.394 e. The number of allylic oxidation sites excluding steroid dienone is 7. The molecule has 0 heterocycles. The van der Waals surface area contributed by atoms with Crippen LogP contribution in [0.3, 0.4) is 0 Å². The smallest absolute Gasteiger partial charge is 0.222 e. The topological polar surface area (TPSA) is 89.8 Å². The minimum atomic E-state index is -0.960. The summed E-state index contributed by atoms with van der Waals surface area (Å²) in [6, 6.07) is -0.769. The number of hydrogen-bond acceptors (Lipinski definition) is 4. The highest BCUT2D eigenvalue weighted by Gasteiger charge is 2.20. The number of carbonyl (C=O) groups is 1. The highest BCUT2D eigenvalue weighted by atomic mass is 16.3. The molecule has 0 radical (unpaired) electrons. The summed E-state index contributed by atoms with van der Waals surface area (Å²) in [4.78, 5) is 12.4. The van der Waals surface area contributed by atoms with Gasteiger partial charge in [-0.3, -0.25) is 4.79 Å². The van der Waals surface area contributed by atoms with Gasteiger partial charge in [0.15, 0.2) is 0 Å². The molecule has 0 aliphatic carbocycles. The molecular formula is C42H77NO4. The molecule has 0 aliphatic heterocycles. The Morgan fingerprint density at radius 3 is 1.43 bits per heavy atom. The Balaban J connectivity index is 3.74. The number of rotatable bonds is 35. The second kappa shape index (κ2) is 37.1. The van der Waals surface area contributed by atoms with Crippen molar-refractivity contribution in [3.63, 3.8) is 0 Å². The summed E-state index contributed by atoms with van der Waals surface area (Å²) >= 11 is 0. The number of aliphatic hydroxyl groups is 3. The van der Waals surface area contributed by atoms with Crippen LogP contribution < -0.4 is 5.32 Å². The van der Waals surface area contributed by atoms with E-state index < -0.39 is 18.2 Å². The number of unbranched alkanes of at least 4 members (excludes halogenated alkanes) is 20. The van der Waals surface area contributed by atoms with Crippen LogP contribution in [0.4, 0.5) is 0 Å². The standard InChI is InChI=1S/C42H77NO4/c1-3-5-7-9-11-13-15-17-18-19-20-21-22-23-24-25-27-29-31-33-35-39(45)37-42(47)43-40(38-44)41(46)36-34-32-30-28-26-16-14-12-10-8-6-4-2/h10,12,22-23,26,28,34,36,39-41,44-46H,3-9,11,13-21,24-25,27,29-33,35,37-38H2,1-2H3,(H,43,47)/b12-10+,23-22-,28-26+,36-34+. The highest BCUT2D eigenvalue weighted by Crippen LogP contribution is 2.14. The zero-order valence-corrected chi connectivity index (χ0v) is 30.9. The molecule has 4 N–H and O–H groups in total. The average Bonchev–Trinajstić information content (AvgIpc) is 3.06. The Kier molecular flexibility index (Phi) is 35.8. The molecule has 1 amide bonds. The molecule has 0 saturated carbocycles. The Labute approximate surface area is 291 Å². The van der Waals surface area contributed by atoms with Gasteiger partial charge in [0.1, 0.15) is 0 Å². The fourth-order valence-electron chi connectivity index (χ4n) is 5.70. The van der Waals surface area contributed by atoms with Crippen LogP contribution in [-0.4, -0.2) is 46.1 Å². The number of aliphatic hydroxyl groups excluding tert-OH is 3. The number of amides is 1. The summed E-state index contributed by atoms with van der Waals surface area (Å²) in [5, 5.41) is 33.0. The Hall–Kier alpha value is -1.69. The van der Waals surface area contributed by atoms with Crippen molar-refractivity contribution in [1.29, 1.82) is 0 Å². The van der Waals surface area contributed by atoms with Gasteiger partial charge in [0, 0.05) is 0 Å². The van der Waals surface area contributed by atoms with E-state index in [1.54, 1.807) is 6.08 Å². The molecule has 0 aromatic heterocycles. The predicted molar refractivity (Wildman–Crippen MR) is 204 cm³/mol. The molecule has 0 spiro atoms. The third-order valence-electron chi connectivity index (χ3n) is 8.82. The van der Waals surface area contributed by atoms with Gasteiger partial charge in [0.25, 0.3) is 0 Å². The van der Waals surface area contributed by atoms with Gasteiger partial charge in [0.05, 0.1) is 31.3 Å². The van der Waals surface area contributed by atoms with E-state index in [2.05, 4.69) is 55.6 Å². The highest BCUT2D eigenvalue weighted by molar-refractivity contribution is 5.76. The van der Waals surface area contributed by atoms with E-state index >= 15 is 0 Å². The third kappa shape index (κ3) is 34.0. The van der Waals surface area contributed by atoms with Crippen LogP contribution in [0.1, 0.15) is 187 Å². The van der Waals surface area contributed by atoms with Crippen molar-refractivity contribution < 1.29 is 20.1 Å². The lowest BCUT2D eigenvalue weighted by Crippen LogP contribution is -2.45. The lowest BCUT2D eigenvalue weighted by molar-refractivity contribution is -0.124. The van der Waals surface area contributed by atoms with Crippen LogP contribution in [0.15, 0.2) is 48.6 Å². The number of nitrogens with one attached hydrogen (secondary N) is 1. The summed E-state index contributed by atoms with van der Waals surface area (Å²) in [6.07, 6.45) is 46.7. The van der Waals surface area contributed by atoms with Crippen molar-refractivity contribution in [2.45, 2.75) is 205 Å². The first-order valence-electron chi connectivity index (χ1n) is 19.9. The monoisotopic (exact) mass is 660 g/mol.